The average Bonchev–Trinajstić information content (AvgIpc) is 2.74. The summed E-state index contributed by atoms with van der Waals surface area (Å²) in [5.41, 5.74) is 4.85. The highest BCUT2D eigenvalue weighted by Crippen LogP contribution is 2.26. The van der Waals surface area contributed by atoms with Crippen molar-refractivity contribution in [3.05, 3.63) is 42.5 Å². The first-order chi connectivity index (χ1) is 16.8. The Bertz CT molecular complexity index is 927. The summed E-state index contributed by atoms with van der Waals surface area (Å²) in [7, 11) is 0. The number of phenolic OH excluding ortho intramolecular Hbond substituents is 1. The molecule has 200 valence electrons. The minimum Gasteiger partial charge on any atom is -0.508 e. The second kappa shape index (κ2) is 14.1. The normalized spacial score (nSPS) is 13.6. The number of ether oxygens (including phenoxy) is 1. The Morgan fingerprint density at radius 2 is 1.86 bits per heavy atom. The molecule has 3 unspecified atom stereocenters. The first kappa shape index (κ1) is 30.5. The van der Waals surface area contributed by atoms with E-state index < -0.39 is 41.5 Å². The number of alkyl carbamates (subject to hydrolysis) is 1. The van der Waals surface area contributed by atoms with Crippen molar-refractivity contribution in [1.29, 1.82) is 0 Å². The Balaban J connectivity index is 3.44. The number of aromatic hydroxyl groups is 1. The zero-order valence-corrected chi connectivity index (χ0v) is 21.9. The van der Waals surface area contributed by atoms with E-state index in [9.17, 15) is 24.3 Å². The number of nitrogens with one attached hydrogen (secondary N) is 2. The van der Waals surface area contributed by atoms with E-state index >= 15 is 0 Å². The van der Waals surface area contributed by atoms with Crippen LogP contribution < -0.4 is 16.4 Å². The zero-order valence-electron chi connectivity index (χ0n) is 21.9. The number of carbonyl (C=O) groups is 4. The molecule has 0 fully saturated rings. The van der Waals surface area contributed by atoms with E-state index in [1.807, 2.05) is 13.8 Å². The number of carbonyl (C=O) groups excluding carboxylic acids is 4. The molecule has 10 nitrogen and oxygen atoms in total. The Hall–Kier alpha value is -3.56. The predicted molar refractivity (Wildman–Crippen MR) is 137 cm³/mol. The Labute approximate surface area is 213 Å². The van der Waals surface area contributed by atoms with Crippen molar-refractivity contribution < 1.29 is 29.0 Å². The van der Waals surface area contributed by atoms with E-state index in [-0.39, 0.29) is 31.2 Å². The molecular weight excluding hydrogens is 464 g/mol. The number of primary amides is 1. The summed E-state index contributed by atoms with van der Waals surface area (Å²) >= 11 is 0. The lowest BCUT2D eigenvalue weighted by molar-refractivity contribution is -0.142. The second-order valence-electron chi connectivity index (χ2n) is 9.68. The summed E-state index contributed by atoms with van der Waals surface area (Å²) < 4.78 is 5.28. The van der Waals surface area contributed by atoms with Crippen LogP contribution in [0.3, 0.4) is 0 Å². The molecule has 0 bridgehead atoms. The van der Waals surface area contributed by atoms with Crippen molar-refractivity contribution in [2.24, 2.45) is 5.73 Å². The summed E-state index contributed by atoms with van der Waals surface area (Å²) in [6.45, 7) is 12.6. The van der Waals surface area contributed by atoms with Gasteiger partial charge in [0.05, 0.1) is 0 Å². The highest BCUT2D eigenvalue weighted by Gasteiger charge is 2.36. The Morgan fingerprint density at radius 1 is 1.19 bits per heavy atom. The van der Waals surface area contributed by atoms with Gasteiger partial charge in [0, 0.05) is 19.0 Å². The highest BCUT2D eigenvalue weighted by atomic mass is 16.6. The number of amides is 4. The predicted octanol–water partition coefficient (Wildman–Crippen LogP) is 2.91. The summed E-state index contributed by atoms with van der Waals surface area (Å²) in [6.07, 6.45) is 1.91. The molecule has 10 heteroatoms. The molecule has 0 saturated carbocycles. The standard InChI is InChI=1S/C26H40N4O6/c1-7-10-17(3)28-23(33)22(18-11-9-12-19(31)16-18)30(15-8-2)24(34)20(13-14-21(27)32)29-25(35)36-26(4,5)6/h8-9,11-12,16-17,20,22,31H,2,7,10,13-15H2,1,3-6H3,(H2,27,32)(H,28,33)(H,29,35). The van der Waals surface area contributed by atoms with Gasteiger partial charge in [0.25, 0.3) is 0 Å². The van der Waals surface area contributed by atoms with Gasteiger partial charge in [-0.05, 0) is 58.2 Å². The minimum atomic E-state index is -1.20. The summed E-state index contributed by atoms with van der Waals surface area (Å²) in [5, 5.41) is 15.5. The molecule has 0 heterocycles. The number of rotatable bonds is 13. The van der Waals surface area contributed by atoms with Gasteiger partial charge in [-0.15, -0.1) is 6.58 Å². The monoisotopic (exact) mass is 504 g/mol. The topological polar surface area (TPSA) is 151 Å². The third-order valence-corrected chi connectivity index (χ3v) is 5.13. The first-order valence-electron chi connectivity index (χ1n) is 12.1. The molecule has 1 aromatic rings. The van der Waals surface area contributed by atoms with Crippen LogP contribution in [-0.4, -0.2) is 58.1 Å². The number of nitrogens with zero attached hydrogens (tertiary/aromatic N) is 1. The first-order valence-corrected chi connectivity index (χ1v) is 12.1. The van der Waals surface area contributed by atoms with Crippen LogP contribution in [0, 0.1) is 0 Å². The maximum Gasteiger partial charge on any atom is 0.408 e. The van der Waals surface area contributed by atoms with Crippen LogP contribution in [0.15, 0.2) is 36.9 Å². The number of hydrogen-bond acceptors (Lipinski definition) is 6. The van der Waals surface area contributed by atoms with Gasteiger partial charge in [-0.3, -0.25) is 14.4 Å². The van der Waals surface area contributed by atoms with E-state index in [1.165, 1.54) is 23.1 Å². The smallest absolute Gasteiger partial charge is 0.408 e. The molecule has 0 aromatic heterocycles. The molecule has 1 aromatic carbocycles. The maximum absolute atomic E-state index is 13.8. The molecule has 5 N–H and O–H groups in total. The van der Waals surface area contributed by atoms with Crippen molar-refractivity contribution in [3.8, 4) is 5.75 Å². The summed E-state index contributed by atoms with van der Waals surface area (Å²) in [6, 6.07) is 3.55. The number of phenols is 1. The Kier molecular flexibility index (Phi) is 11.9. The highest BCUT2D eigenvalue weighted by molar-refractivity contribution is 5.92. The van der Waals surface area contributed by atoms with Crippen LogP contribution in [0.1, 0.15) is 71.9 Å². The van der Waals surface area contributed by atoms with Crippen LogP contribution in [0.25, 0.3) is 0 Å². The van der Waals surface area contributed by atoms with Crippen molar-refractivity contribution in [1.82, 2.24) is 15.5 Å². The van der Waals surface area contributed by atoms with Gasteiger partial charge in [0.1, 0.15) is 23.4 Å². The summed E-state index contributed by atoms with van der Waals surface area (Å²) in [4.78, 5) is 52.4. The van der Waals surface area contributed by atoms with Crippen LogP contribution >= 0.6 is 0 Å². The molecule has 36 heavy (non-hydrogen) atoms. The van der Waals surface area contributed by atoms with E-state index in [2.05, 4.69) is 17.2 Å². The molecular formula is C26H40N4O6. The molecule has 3 atom stereocenters. The van der Waals surface area contributed by atoms with Crippen molar-refractivity contribution in [2.75, 3.05) is 6.54 Å². The van der Waals surface area contributed by atoms with Crippen LogP contribution in [0.2, 0.25) is 0 Å². The van der Waals surface area contributed by atoms with E-state index in [4.69, 9.17) is 10.5 Å². The number of hydrogen-bond donors (Lipinski definition) is 4. The molecule has 0 aliphatic rings. The molecule has 1 rings (SSSR count). The van der Waals surface area contributed by atoms with E-state index in [0.717, 1.165) is 12.8 Å². The van der Waals surface area contributed by atoms with E-state index in [0.29, 0.717) is 5.56 Å². The van der Waals surface area contributed by atoms with Crippen LogP contribution in [0.5, 0.6) is 5.75 Å². The largest absolute Gasteiger partial charge is 0.508 e. The lowest BCUT2D eigenvalue weighted by Gasteiger charge is -2.34. The van der Waals surface area contributed by atoms with Gasteiger partial charge in [-0.1, -0.05) is 31.6 Å². The van der Waals surface area contributed by atoms with Crippen molar-refractivity contribution in [3.63, 3.8) is 0 Å². The van der Waals surface area contributed by atoms with Gasteiger partial charge in [-0.2, -0.15) is 0 Å². The fourth-order valence-corrected chi connectivity index (χ4v) is 3.65. The SMILES string of the molecule is C=CCN(C(=O)C(CCC(N)=O)NC(=O)OC(C)(C)C)C(C(=O)NC(C)CCC)c1cccc(O)c1. The molecule has 0 saturated heterocycles. The quantitative estimate of drug-likeness (QED) is 0.303. The van der Waals surface area contributed by atoms with Crippen molar-refractivity contribution >= 4 is 23.8 Å². The van der Waals surface area contributed by atoms with Gasteiger partial charge in [-0.25, -0.2) is 4.79 Å². The van der Waals surface area contributed by atoms with Crippen LogP contribution in [0.4, 0.5) is 4.79 Å². The van der Waals surface area contributed by atoms with Gasteiger partial charge in [0.2, 0.25) is 17.7 Å². The zero-order chi connectivity index (χ0) is 27.5. The third kappa shape index (κ3) is 10.4. The molecule has 0 aliphatic carbocycles. The molecule has 0 spiro atoms. The fraction of sp³-hybridized carbons (Fsp3) is 0.538. The van der Waals surface area contributed by atoms with Crippen molar-refractivity contribution in [2.45, 2.75) is 84.0 Å². The minimum absolute atomic E-state index is 0.0438. The molecule has 0 radical (unpaired) electrons. The molecule has 0 aliphatic heterocycles. The lowest BCUT2D eigenvalue weighted by Crippen LogP contribution is -2.53. The molecule has 4 amide bonds. The van der Waals surface area contributed by atoms with E-state index in [1.54, 1.807) is 32.9 Å². The number of benzene rings is 1. The average molecular weight is 505 g/mol. The maximum atomic E-state index is 13.8. The summed E-state index contributed by atoms with van der Waals surface area (Å²) in [5.74, 6) is -1.81. The number of nitrogens with two attached hydrogens (primary N) is 1. The lowest BCUT2D eigenvalue weighted by atomic mass is 10.0. The second-order valence-corrected chi connectivity index (χ2v) is 9.68. The fourth-order valence-electron chi connectivity index (χ4n) is 3.65. The van der Waals surface area contributed by atoms with Gasteiger partial charge in [0.15, 0.2) is 0 Å². The van der Waals surface area contributed by atoms with Crippen LogP contribution in [-0.2, 0) is 19.1 Å². The van der Waals surface area contributed by atoms with Gasteiger partial charge < -0.3 is 31.1 Å². The van der Waals surface area contributed by atoms with Gasteiger partial charge >= 0.3 is 6.09 Å². The third-order valence-electron chi connectivity index (χ3n) is 5.13. The Morgan fingerprint density at radius 3 is 2.39 bits per heavy atom.